The Labute approximate surface area is 215 Å². The molecule has 1 amide bonds. The molecule has 188 valence electrons. The molecule has 2 heterocycles. The summed E-state index contributed by atoms with van der Waals surface area (Å²) in [6.45, 7) is 6.12. The predicted molar refractivity (Wildman–Crippen MR) is 145 cm³/mol. The van der Waals surface area contributed by atoms with Crippen LogP contribution in [0, 0.1) is 0 Å². The maximum Gasteiger partial charge on any atom is 0.255 e. The molecule has 0 radical (unpaired) electrons. The van der Waals surface area contributed by atoms with Crippen molar-refractivity contribution in [1.29, 1.82) is 0 Å². The van der Waals surface area contributed by atoms with Crippen molar-refractivity contribution in [3.63, 3.8) is 0 Å². The molecule has 7 nitrogen and oxygen atoms in total. The van der Waals surface area contributed by atoms with E-state index in [1.807, 2.05) is 48.5 Å². The van der Waals surface area contributed by atoms with Crippen molar-refractivity contribution in [3.8, 4) is 11.3 Å². The lowest BCUT2D eigenvalue weighted by atomic mass is 9.86. The highest BCUT2D eigenvalue weighted by Gasteiger charge is 2.20. The highest BCUT2D eigenvalue weighted by Crippen LogP contribution is 2.35. The Bertz CT molecular complexity index is 1520. The number of carbonyl (C=O) groups is 2. The van der Waals surface area contributed by atoms with E-state index in [0.29, 0.717) is 53.0 Å². The number of hydrogen-bond acceptors (Lipinski definition) is 5. The molecule has 0 aliphatic heterocycles. The lowest BCUT2D eigenvalue weighted by Gasteiger charge is -2.19. The van der Waals surface area contributed by atoms with Crippen molar-refractivity contribution in [2.75, 3.05) is 5.32 Å². The number of Topliss-reactive ketones (excluding diaryl/α,β-unsaturated/α-hetero) is 1. The number of hydrogen-bond donors (Lipinski definition) is 3. The predicted octanol–water partition coefficient (Wildman–Crippen LogP) is 5.80. The van der Waals surface area contributed by atoms with Gasteiger partial charge in [0.05, 0.1) is 12.3 Å². The molecule has 0 spiro atoms. The minimum atomic E-state index is -0.273. The number of rotatable bonds is 5. The number of anilines is 1. The summed E-state index contributed by atoms with van der Waals surface area (Å²) >= 11 is 0. The molecule has 2 aromatic carbocycles. The Balaban J connectivity index is 1.49. The number of H-pyrrole nitrogens is 1. The minimum Gasteiger partial charge on any atom is -0.392 e. The summed E-state index contributed by atoms with van der Waals surface area (Å²) in [6, 6.07) is 15.1. The third-order valence-corrected chi connectivity index (χ3v) is 6.87. The topological polar surface area (TPSA) is 108 Å². The standard InChI is InChI=1S/C30H30N4O3/c1-30(2,3)20-11-7-19(8-12-20)29(37)34-25-6-4-5-22(24(25)16-35)27-23-15-26(33-28(23)32-17-31-27)18-9-13-21(36)14-10-18/h4-9,11-12,15,17,35H,10,13-14,16H2,1-3H3,(H,34,37)(H,31,32,33). The molecule has 5 rings (SSSR count). The lowest BCUT2D eigenvalue weighted by molar-refractivity contribution is -0.118. The van der Waals surface area contributed by atoms with E-state index >= 15 is 0 Å². The van der Waals surface area contributed by atoms with Crippen molar-refractivity contribution in [2.45, 2.75) is 52.1 Å². The average Bonchev–Trinajstić information content (AvgIpc) is 3.33. The fourth-order valence-corrected chi connectivity index (χ4v) is 4.70. The molecule has 0 bridgehead atoms. The van der Waals surface area contributed by atoms with Gasteiger partial charge < -0.3 is 15.4 Å². The Kier molecular flexibility index (Phi) is 6.48. The zero-order valence-electron chi connectivity index (χ0n) is 21.3. The van der Waals surface area contributed by atoms with Crippen LogP contribution in [0.2, 0.25) is 0 Å². The third-order valence-electron chi connectivity index (χ3n) is 6.87. The second-order valence-electron chi connectivity index (χ2n) is 10.4. The maximum absolute atomic E-state index is 13.1. The van der Waals surface area contributed by atoms with Crippen LogP contribution in [-0.2, 0) is 16.8 Å². The first kappa shape index (κ1) is 24.6. The molecule has 4 aromatic rings. The van der Waals surface area contributed by atoms with Gasteiger partial charge in [-0.1, -0.05) is 51.1 Å². The lowest BCUT2D eigenvalue weighted by Crippen LogP contribution is -2.15. The third kappa shape index (κ3) is 4.95. The van der Waals surface area contributed by atoms with Gasteiger partial charge in [0, 0.05) is 46.3 Å². The first-order valence-electron chi connectivity index (χ1n) is 12.4. The van der Waals surface area contributed by atoms with Crippen molar-refractivity contribution < 1.29 is 14.7 Å². The number of fused-ring (bicyclic) bond motifs is 1. The number of benzene rings is 2. The molecule has 37 heavy (non-hydrogen) atoms. The zero-order valence-corrected chi connectivity index (χ0v) is 21.3. The van der Waals surface area contributed by atoms with Gasteiger partial charge in [-0.3, -0.25) is 9.59 Å². The van der Waals surface area contributed by atoms with Crippen LogP contribution in [0.1, 0.15) is 67.2 Å². The van der Waals surface area contributed by atoms with Crippen molar-refractivity contribution in [1.82, 2.24) is 15.0 Å². The van der Waals surface area contributed by atoms with Crippen LogP contribution >= 0.6 is 0 Å². The first-order chi connectivity index (χ1) is 17.7. The average molecular weight is 495 g/mol. The van der Waals surface area contributed by atoms with E-state index in [0.717, 1.165) is 22.2 Å². The van der Waals surface area contributed by atoms with E-state index in [9.17, 15) is 14.7 Å². The van der Waals surface area contributed by atoms with Crippen LogP contribution in [0.3, 0.4) is 0 Å². The molecule has 7 heteroatoms. The van der Waals surface area contributed by atoms with Crippen molar-refractivity contribution in [3.05, 3.63) is 83.3 Å². The van der Waals surface area contributed by atoms with Gasteiger partial charge in [-0.15, -0.1) is 0 Å². The van der Waals surface area contributed by atoms with Crippen LogP contribution in [0.15, 0.2) is 60.9 Å². The normalized spacial score (nSPS) is 14.1. The zero-order chi connectivity index (χ0) is 26.2. The van der Waals surface area contributed by atoms with Gasteiger partial charge in [-0.2, -0.15) is 0 Å². The van der Waals surface area contributed by atoms with Crippen molar-refractivity contribution in [2.24, 2.45) is 0 Å². The number of aromatic amines is 1. The molecule has 2 aromatic heterocycles. The fourth-order valence-electron chi connectivity index (χ4n) is 4.70. The van der Waals surface area contributed by atoms with Crippen LogP contribution in [0.4, 0.5) is 5.69 Å². The summed E-state index contributed by atoms with van der Waals surface area (Å²) in [5.74, 6) is -0.000190. The summed E-state index contributed by atoms with van der Waals surface area (Å²) in [6.07, 6.45) is 5.12. The van der Waals surface area contributed by atoms with Gasteiger partial charge in [0.1, 0.15) is 17.8 Å². The van der Waals surface area contributed by atoms with Crippen molar-refractivity contribution >= 4 is 34.0 Å². The van der Waals surface area contributed by atoms with Gasteiger partial charge in [-0.25, -0.2) is 9.97 Å². The Morgan fingerprint density at radius 2 is 1.86 bits per heavy atom. The number of carbonyl (C=O) groups excluding carboxylic acids is 2. The number of amides is 1. The summed E-state index contributed by atoms with van der Waals surface area (Å²) < 4.78 is 0. The Morgan fingerprint density at radius 3 is 2.54 bits per heavy atom. The molecular formula is C30H30N4O3. The second kappa shape index (κ2) is 9.75. The number of aromatic nitrogens is 3. The summed E-state index contributed by atoms with van der Waals surface area (Å²) in [4.78, 5) is 37.0. The van der Waals surface area contributed by atoms with E-state index in [-0.39, 0.29) is 23.7 Å². The molecule has 0 unspecified atom stereocenters. The smallest absolute Gasteiger partial charge is 0.255 e. The van der Waals surface area contributed by atoms with E-state index in [4.69, 9.17) is 0 Å². The van der Waals surface area contributed by atoms with E-state index in [1.165, 1.54) is 6.33 Å². The highest BCUT2D eigenvalue weighted by molar-refractivity contribution is 6.05. The monoisotopic (exact) mass is 494 g/mol. The first-order valence-corrected chi connectivity index (χ1v) is 12.4. The van der Waals surface area contributed by atoms with Gasteiger partial charge in [0.25, 0.3) is 5.91 Å². The number of allylic oxidation sites excluding steroid dienone is 2. The maximum atomic E-state index is 13.1. The SMILES string of the molecule is CC(C)(C)c1ccc(C(=O)Nc2cccc(-c3ncnc4[nH]c(C5=CCC(=O)CC5)cc34)c2CO)cc1. The van der Waals surface area contributed by atoms with Crippen LogP contribution in [0.5, 0.6) is 0 Å². The molecule has 0 atom stereocenters. The second-order valence-corrected chi connectivity index (χ2v) is 10.4. The highest BCUT2D eigenvalue weighted by atomic mass is 16.3. The molecule has 0 saturated heterocycles. The molecule has 1 aliphatic rings. The quantitative estimate of drug-likeness (QED) is 0.325. The molecule has 3 N–H and O–H groups in total. The van der Waals surface area contributed by atoms with Crippen LogP contribution < -0.4 is 5.32 Å². The van der Waals surface area contributed by atoms with Crippen LogP contribution in [0.25, 0.3) is 27.9 Å². The largest absolute Gasteiger partial charge is 0.392 e. The number of aliphatic hydroxyl groups excluding tert-OH is 1. The van der Waals surface area contributed by atoms with Gasteiger partial charge in [0.2, 0.25) is 0 Å². The minimum absolute atomic E-state index is 0.000681. The summed E-state index contributed by atoms with van der Waals surface area (Å²) in [5.41, 5.74) is 6.85. The van der Waals surface area contributed by atoms with E-state index in [1.54, 1.807) is 6.07 Å². The van der Waals surface area contributed by atoms with Gasteiger partial charge in [0.15, 0.2) is 0 Å². The number of nitrogens with zero attached hydrogens (tertiary/aromatic N) is 2. The molecule has 1 aliphatic carbocycles. The summed E-state index contributed by atoms with van der Waals surface area (Å²) in [7, 11) is 0. The molecule has 0 fully saturated rings. The van der Waals surface area contributed by atoms with Crippen LogP contribution in [-0.4, -0.2) is 31.7 Å². The Hall–Kier alpha value is -4.10. The fraction of sp³-hybridized carbons (Fsp3) is 0.267. The number of ketones is 1. The van der Waals surface area contributed by atoms with E-state index in [2.05, 4.69) is 41.0 Å². The van der Waals surface area contributed by atoms with Gasteiger partial charge in [-0.05, 0) is 47.2 Å². The molecular weight excluding hydrogens is 464 g/mol. The van der Waals surface area contributed by atoms with E-state index < -0.39 is 0 Å². The number of aliphatic hydroxyl groups is 1. The Morgan fingerprint density at radius 1 is 1.08 bits per heavy atom. The molecule has 0 saturated carbocycles. The number of nitrogens with one attached hydrogen (secondary N) is 2. The summed E-state index contributed by atoms with van der Waals surface area (Å²) in [5, 5.41) is 14.1. The van der Waals surface area contributed by atoms with Gasteiger partial charge >= 0.3 is 0 Å².